The van der Waals surface area contributed by atoms with Crippen LogP contribution in [0.15, 0.2) is 78.9 Å². The van der Waals surface area contributed by atoms with Crippen LogP contribution in [0.2, 0.25) is 0 Å². The van der Waals surface area contributed by atoms with Crippen LogP contribution in [0.1, 0.15) is 53.4 Å². The number of rotatable bonds is 4. The van der Waals surface area contributed by atoms with E-state index in [9.17, 15) is 22.8 Å². The summed E-state index contributed by atoms with van der Waals surface area (Å²) in [5, 5.41) is 0. The maximum Gasteiger partial charge on any atom is 0.416 e. The lowest BCUT2D eigenvalue weighted by molar-refractivity contribution is -0.137. The number of carbonyl (C=O) groups excluding carboxylic acids is 2. The highest BCUT2D eigenvalue weighted by Crippen LogP contribution is 2.40. The fourth-order valence-corrected chi connectivity index (χ4v) is 3.80. The standard InChI is InChI=1S/C19H18F3N3O2.C6H6.C2H6/c20-19(21,22)12-7-5-11-6-8-16(14(11)9-12)25(10-17(24)26)18(27)13-3-1-2-4-15(13)23;1-2-4-6-5-3-1;1-2/h1-5,7,9,16H,6,8,10,23H2,(H2,24,26);1-6H;1-2H3. The van der Waals surface area contributed by atoms with Gasteiger partial charge in [-0.1, -0.05) is 68.4 Å². The number of nitrogens with two attached hydrogens (primary N) is 2. The lowest BCUT2D eigenvalue weighted by atomic mass is 10.0. The van der Waals surface area contributed by atoms with E-state index in [0.717, 1.165) is 17.7 Å². The van der Waals surface area contributed by atoms with Crippen molar-refractivity contribution in [1.29, 1.82) is 0 Å². The van der Waals surface area contributed by atoms with Gasteiger partial charge in [0.05, 0.1) is 17.2 Å². The Morgan fingerprint density at radius 2 is 1.51 bits per heavy atom. The minimum absolute atomic E-state index is 0.180. The van der Waals surface area contributed by atoms with Crippen LogP contribution in [0.5, 0.6) is 0 Å². The van der Waals surface area contributed by atoms with Gasteiger partial charge in [0.2, 0.25) is 5.91 Å². The molecule has 1 atom stereocenters. The fraction of sp³-hybridized carbons (Fsp3) is 0.259. The van der Waals surface area contributed by atoms with Crippen LogP contribution < -0.4 is 11.5 Å². The third-order valence-electron chi connectivity index (χ3n) is 5.34. The molecule has 2 amide bonds. The molecule has 1 aliphatic rings. The Bertz CT molecular complexity index is 1090. The van der Waals surface area contributed by atoms with Crippen molar-refractivity contribution in [2.24, 2.45) is 5.73 Å². The number of primary amides is 1. The molecule has 0 radical (unpaired) electrons. The first kappa shape index (κ1) is 27.4. The Morgan fingerprint density at radius 1 is 0.943 bits per heavy atom. The van der Waals surface area contributed by atoms with Gasteiger partial charge in [0.15, 0.2) is 0 Å². The Hall–Kier alpha value is -3.81. The second kappa shape index (κ2) is 12.6. The molecule has 3 aromatic rings. The summed E-state index contributed by atoms with van der Waals surface area (Å²) >= 11 is 0. The van der Waals surface area contributed by atoms with E-state index in [0.29, 0.717) is 18.4 Å². The molecular weight excluding hydrogens is 455 g/mol. The summed E-state index contributed by atoms with van der Waals surface area (Å²) in [7, 11) is 0. The Kier molecular flexibility index (Phi) is 9.87. The van der Waals surface area contributed by atoms with Crippen molar-refractivity contribution in [2.45, 2.75) is 38.9 Å². The van der Waals surface area contributed by atoms with Crippen LogP contribution in [-0.4, -0.2) is 23.3 Å². The zero-order valence-corrected chi connectivity index (χ0v) is 19.8. The fourth-order valence-electron chi connectivity index (χ4n) is 3.80. The molecule has 3 aromatic carbocycles. The Balaban J connectivity index is 0.000000463. The first-order chi connectivity index (χ1) is 16.7. The van der Waals surface area contributed by atoms with Crippen molar-refractivity contribution >= 4 is 17.5 Å². The van der Waals surface area contributed by atoms with Crippen LogP contribution in [0.25, 0.3) is 0 Å². The molecule has 1 aliphatic carbocycles. The third-order valence-corrected chi connectivity index (χ3v) is 5.34. The second-order valence-electron chi connectivity index (χ2n) is 7.61. The molecule has 4 rings (SSSR count). The van der Waals surface area contributed by atoms with Gasteiger partial charge in [-0.15, -0.1) is 0 Å². The smallest absolute Gasteiger partial charge is 0.398 e. The summed E-state index contributed by atoms with van der Waals surface area (Å²) in [5.74, 6) is -1.29. The summed E-state index contributed by atoms with van der Waals surface area (Å²) in [6.45, 7) is 3.59. The normalized spacial score (nSPS) is 13.9. The number of hydrogen-bond donors (Lipinski definition) is 2. The first-order valence-corrected chi connectivity index (χ1v) is 11.3. The summed E-state index contributed by atoms with van der Waals surface area (Å²) in [5.41, 5.74) is 11.9. The lowest BCUT2D eigenvalue weighted by Gasteiger charge is -2.29. The molecule has 5 nitrogen and oxygen atoms in total. The van der Waals surface area contributed by atoms with Gasteiger partial charge in [0.25, 0.3) is 5.91 Å². The molecule has 0 saturated heterocycles. The summed E-state index contributed by atoms with van der Waals surface area (Å²) in [6.07, 6.45) is -3.59. The average Bonchev–Trinajstić information content (AvgIpc) is 3.28. The van der Waals surface area contributed by atoms with Gasteiger partial charge >= 0.3 is 6.18 Å². The van der Waals surface area contributed by atoms with Gasteiger partial charge in [-0.3, -0.25) is 9.59 Å². The SMILES string of the molecule is CC.NC(=O)CN(C(=O)c1ccccc1N)C1CCc2ccc(C(F)(F)F)cc21.c1ccccc1. The van der Waals surface area contributed by atoms with Crippen molar-refractivity contribution in [2.75, 3.05) is 12.3 Å². The third kappa shape index (κ3) is 7.34. The monoisotopic (exact) mass is 485 g/mol. The van der Waals surface area contributed by atoms with E-state index in [1.54, 1.807) is 18.2 Å². The average molecular weight is 486 g/mol. The molecule has 0 bridgehead atoms. The van der Waals surface area contributed by atoms with Gasteiger partial charge < -0.3 is 16.4 Å². The van der Waals surface area contributed by atoms with Crippen molar-refractivity contribution in [1.82, 2.24) is 4.90 Å². The zero-order valence-electron chi connectivity index (χ0n) is 19.8. The van der Waals surface area contributed by atoms with E-state index in [-0.39, 0.29) is 11.3 Å². The predicted molar refractivity (Wildman–Crippen MR) is 131 cm³/mol. The van der Waals surface area contributed by atoms with Crippen LogP contribution in [0.3, 0.4) is 0 Å². The molecule has 35 heavy (non-hydrogen) atoms. The summed E-state index contributed by atoms with van der Waals surface area (Å²) in [4.78, 5) is 25.7. The molecule has 0 spiro atoms. The molecule has 0 aliphatic heterocycles. The van der Waals surface area contributed by atoms with Crippen molar-refractivity contribution in [3.8, 4) is 0 Å². The van der Waals surface area contributed by atoms with Gasteiger partial charge in [0, 0.05) is 5.69 Å². The van der Waals surface area contributed by atoms with E-state index in [4.69, 9.17) is 11.5 Å². The maximum atomic E-state index is 13.1. The van der Waals surface area contributed by atoms with Crippen LogP contribution in [0.4, 0.5) is 18.9 Å². The number of para-hydroxylation sites is 1. The molecule has 186 valence electrons. The summed E-state index contributed by atoms with van der Waals surface area (Å²) < 4.78 is 39.3. The number of nitrogens with zero attached hydrogens (tertiary/aromatic N) is 1. The van der Waals surface area contributed by atoms with Crippen molar-refractivity contribution in [3.05, 3.63) is 101 Å². The van der Waals surface area contributed by atoms with Gasteiger partial charge in [0.1, 0.15) is 6.54 Å². The minimum atomic E-state index is -4.50. The second-order valence-corrected chi connectivity index (χ2v) is 7.61. The van der Waals surface area contributed by atoms with Crippen LogP contribution >= 0.6 is 0 Å². The van der Waals surface area contributed by atoms with E-state index in [1.165, 1.54) is 17.0 Å². The molecule has 0 fully saturated rings. The highest BCUT2D eigenvalue weighted by atomic mass is 19.4. The number of nitrogen functional groups attached to an aromatic ring is 1. The van der Waals surface area contributed by atoms with Crippen LogP contribution in [0, 0.1) is 0 Å². The van der Waals surface area contributed by atoms with Gasteiger partial charge in [-0.05, 0) is 48.2 Å². The number of benzene rings is 3. The van der Waals surface area contributed by atoms with E-state index >= 15 is 0 Å². The number of aryl methyl sites for hydroxylation is 1. The number of carbonyl (C=O) groups is 2. The van der Waals surface area contributed by atoms with E-state index < -0.39 is 36.1 Å². The number of anilines is 1. The molecular formula is C27H30F3N3O2. The Labute approximate surface area is 203 Å². The number of halogens is 3. The van der Waals surface area contributed by atoms with E-state index in [2.05, 4.69) is 0 Å². The predicted octanol–water partition coefficient (Wildman–Crippen LogP) is 5.62. The highest BCUT2D eigenvalue weighted by molar-refractivity contribution is 6.00. The quantitative estimate of drug-likeness (QED) is 0.471. The number of alkyl halides is 3. The van der Waals surface area contributed by atoms with Crippen molar-refractivity contribution < 1.29 is 22.8 Å². The molecule has 8 heteroatoms. The molecule has 0 saturated carbocycles. The first-order valence-electron chi connectivity index (χ1n) is 11.3. The van der Waals surface area contributed by atoms with Crippen molar-refractivity contribution in [3.63, 3.8) is 0 Å². The van der Waals surface area contributed by atoms with E-state index in [1.807, 2.05) is 50.2 Å². The zero-order chi connectivity index (χ0) is 26.0. The molecule has 0 heterocycles. The highest BCUT2D eigenvalue weighted by Gasteiger charge is 2.36. The topological polar surface area (TPSA) is 89.4 Å². The minimum Gasteiger partial charge on any atom is -0.398 e. The van der Waals surface area contributed by atoms with Crippen LogP contribution in [-0.2, 0) is 17.4 Å². The maximum absolute atomic E-state index is 13.1. The van der Waals surface area contributed by atoms with Gasteiger partial charge in [-0.25, -0.2) is 0 Å². The molecule has 4 N–H and O–H groups in total. The number of amides is 2. The van der Waals surface area contributed by atoms with Gasteiger partial charge in [-0.2, -0.15) is 13.2 Å². The largest absolute Gasteiger partial charge is 0.416 e. The number of hydrogen-bond acceptors (Lipinski definition) is 3. The Morgan fingerprint density at radius 3 is 2.03 bits per heavy atom. The summed E-state index contributed by atoms with van der Waals surface area (Å²) in [6, 6.07) is 21.1. The molecule has 0 aromatic heterocycles. The number of fused-ring (bicyclic) bond motifs is 1. The lowest BCUT2D eigenvalue weighted by Crippen LogP contribution is -2.40. The molecule has 1 unspecified atom stereocenters.